The van der Waals surface area contributed by atoms with Gasteiger partial charge in [-0.05, 0) is 18.4 Å². The normalized spacial score (nSPS) is 12.1. The van der Waals surface area contributed by atoms with E-state index in [4.69, 9.17) is 5.73 Å². The van der Waals surface area contributed by atoms with E-state index < -0.39 is 6.04 Å². The number of aromatic nitrogens is 1. The molecule has 1 atom stereocenters. The fourth-order valence-electron chi connectivity index (χ4n) is 1.73. The Morgan fingerprint density at radius 1 is 1.37 bits per heavy atom. The zero-order valence-electron chi connectivity index (χ0n) is 10.6. The van der Waals surface area contributed by atoms with Crippen LogP contribution in [0.25, 0.3) is 0 Å². The van der Waals surface area contributed by atoms with E-state index in [1.807, 2.05) is 35.7 Å². The minimum absolute atomic E-state index is 0.121. The fourth-order valence-corrected chi connectivity index (χ4v) is 2.29. The molecule has 4 nitrogen and oxygen atoms in total. The summed E-state index contributed by atoms with van der Waals surface area (Å²) >= 11 is 1.51. The van der Waals surface area contributed by atoms with Crippen molar-refractivity contribution in [1.29, 1.82) is 0 Å². The summed E-state index contributed by atoms with van der Waals surface area (Å²) in [6.45, 7) is 0.446. The van der Waals surface area contributed by atoms with Gasteiger partial charge in [-0.3, -0.25) is 4.79 Å². The van der Waals surface area contributed by atoms with Crippen molar-refractivity contribution in [2.24, 2.45) is 5.73 Å². The highest BCUT2D eigenvalue weighted by Gasteiger charge is 2.13. The summed E-state index contributed by atoms with van der Waals surface area (Å²) in [5.74, 6) is -0.121. The summed E-state index contributed by atoms with van der Waals surface area (Å²) in [4.78, 5) is 15.9. The number of amides is 1. The minimum atomic E-state index is -0.473. The molecule has 3 N–H and O–H groups in total. The number of nitrogens with zero attached hydrogens (tertiary/aromatic N) is 1. The molecule has 0 aliphatic carbocycles. The maximum absolute atomic E-state index is 11.8. The smallest absolute Gasteiger partial charge is 0.237 e. The predicted octanol–water partition coefficient (Wildman–Crippen LogP) is 1.72. The lowest BCUT2D eigenvalue weighted by Crippen LogP contribution is -2.40. The molecule has 0 saturated carbocycles. The summed E-state index contributed by atoms with van der Waals surface area (Å²) < 4.78 is 0. The number of carbonyl (C=O) groups excluding carboxylic acids is 1. The number of nitrogens with one attached hydrogen (secondary N) is 1. The first-order chi connectivity index (χ1) is 9.25. The maximum atomic E-state index is 11.8. The van der Waals surface area contributed by atoms with Gasteiger partial charge in [-0.2, -0.15) is 0 Å². The van der Waals surface area contributed by atoms with E-state index in [-0.39, 0.29) is 5.91 Å². The second kappa shape index (κ2) is 7.01. The van der Waals surface area contributed by atoms with Crippen LogP contribution in [0.4, 0.5) is 0 Å². The van der Waals surface area contributed by atoms with Gasteiger partial charge in [-0.1, -0.05) is 30.3 Å². The molecular formula is C14H17N3OS. The predicted molar refractivity (Wildman–Crippen MR) is 76.7 cm³/mol. The summed E-state index contributed by atoms with van der Waals surface area (Å²) in [6.07, 6.45) is 1.46. The average molecular weight is 275 g/mol. The van der Waals surface area contributed by atoms with Gasteiger partial charge in [0.15, 0.2) is 0 Å². The van der Waals surface area contributed by atoms with Gasteiger partial charge in [-0.15, -0.1) is 11.3 Å². The van der Waals surface area contributed by atoms with Crippen LogP contribution >= 0.6 is 11.3 Å². The molecule has 0 fully saturated rings. The molecule has 1 aromatic carbocycles. The number of benzene rings is 1. The van der Waals surface area contributed by atoms with Crippen molar-refractivity contribution in [2.75, 3.05) is 0 Å². The molecule has 100 valence electrons. The number of nitrogens with two attached hydrogens (primary N) is 1. The van der Waals surface area contributed by atoms with Crippen LogP contribution in [0.15, 0.2) is 41.2 Å². The van der Waals surface area contributed by atoms with Crippen LogP contribution < -0.4 is 11.1 Å². The fraction of sp³-hybridized carbons (Fsp3) is 0.286. The first-order valence-corrected chi connectivity index (χ1v) is 7.14. The highest BCUT2D eigenvalue weighted by molar-refractivity contribution is 7.07. The summed E-state index contributed by atoms with van der Waals surface area (Å²) in [7, 11) is 0. The third-order valence-corrected chi connectivity index (χ3v) is 3.49. The van der Waals surface area contributed by atoms with E-state index >= 15 is 0 Å². The molecule has 1 heterocycles. The number of aryl methyl sites for hydroxylation is 1. The zero-order chi connectivity index (χ0) is 13.5. The van der Waals surface area contributed by atoms with Gasteiger partial charge in [-0.25, -0.2) is 4.98 Å². The SMILES string of the molecule is N[C@@H](CCc1ccccc1)C(=O)NCc1cscn1. The number of rotatable bonds is 6. The second-order valence-corrected chi connectivity index (χ2v) is 5.05. The third kappa shape index (κ3) is 4.46. The third-order valence-electron chi connectivity index (χ3n) is 2.85. The van der Waals surface area contributed by atoms with E-state index in [1.54, 1.807) is 5.51 Å². The summed E-state index contributed by atoms with van der Waals surface area (Å²) in [5, 5.41) is 4.71. The van der Waals surface area contributed by atoms with Crippen LogP contribution in [0.1, 0.15) is 17.7 Å². The molecule has 0 bridgehead atoms. The molecule has 0 spiro atoms. The van der Waals surface area contributed by atoms with Crippen molar-refractivity contribution < 1.29 is 4.79 Å². The van der Waals surface area contributed by atoms with Gasteiger partial charge >= 0.3 is 0 Å². The van der Waals surface area contributed by atoms with Gasteiger partial charge in [0.05, 0.1) is 23.8 Å². The molecule has 0 radical (unpaired) electrons. The van der Waals surface area contributed by atoms with Gasteiger partial charge in [0.2, 0.25) is 5.91 Å². The molecular weight excluding hydrogens is 258 g/mol. The van der Waals surface area contributed by atoms with Crippen LogP contribution in [-0.2, 0) is 17.8 Å². The number of hydrogen-bond donors (Lipinski definition) is 2. The maximum Gasteiger partial charge on any atom is 0.237 e. The Kier molecular flexibility index (Phi) is 5.06. The molecule has 0 saturated heterocycles. The Morgan fingerprint density at radius 2 is 2.16 bits per heavy atom. The lowest BCUT2D eigenvalue weighted by Gasteiger charge is -2.11. The number of hydrogen-bond acceptors (Lipinski definition) is 4. The van der Waals surface area contributed by atoms with E-state index in [9.17, 15) is 4.79 Å². The van der Waals surface area contributed by atoms with Gasteiger partial charge in [0.1, 0.15) is 0 Å². The van der Waals surface area contributed by atoms with E-state index in [0.29, 0.717) is 13.0 Å². The monoisotopic (exact) mass is 275 g/mol. The number of carbonyl (C=O) groups is 1. The molecule has 1 amide bonds. The van der Waals surface area contributed by atoms with Crippen LogP contribution in [0.5, 0.6) is 0 Å². The van der Waals surface area contributed by atoms with Crippen molar-refractivity contribution in [2.45, 2.75) is 25.4 Å². The van der Waals surface area contributed by atoms with Crippen molar-refractivity contribution >= 4 is 17.2 Å². The Hall–Kier alpha value is -1.72. The van der Waals surface area contributed by atoms with Crippen molar-refractivity contribution in [3.05, 3.63) is 52.5 Å². The van der Waals surface area contributed by atoms with Crippen molar-refractivity contribution in [3.63, 3.8) is 0 Å². The highest BCUT2D eigenvalue weighted by Crippen LogP contribution is 2.04. The van der Waals surface area contributed by atoms with Crippen molar-refractivity contribution in [1.82, 2.24) is 10.3 Å². The topological polar surface area (TPSA) is 68.0 Å². The first-order valence-electron chi connectivity index (χ1n) is 6.20. The Bertz CT molecular complexity index is 499. The molecule has 2 aromatic rings. The quantitative estimate of drug-likeness (QED) is 0.843. The molecule has 0 aliphatic rings. The molecule has 2 rings (SSSR count). The van der Waals surface area contributed by atoms with E-state index in [0.717, 1.165) is 12.1 Å². The van der Waals surface area contributed by atoms with E-state index in [2.05, 4.69) is 10.3 Å². The van der Waals surface area contributed by atoms with E-state index in [1.165, 1.54) is 16.9 Å². The minimum Gasteiger partial charge on any atom is -0.349 e. The lowest BCUT2D eigenvalue weighted by molar-refractivity contribution is -0.122. The molecule has 19 heavy (non-hydrogen) atoms. The highest BCUT2D eigenvalue weighted by atomic mass is 32.1. The van der Waals surface area contributed by atoms with Gasteiger partial charge in [0, 0.05) is 5.38 Å². The molecule has 0 unspecified atom stereocenters. The van der Waals surface area contributed by atoms with Crippen LogP contribution in [-0.4, -0.2) is 16.9 Å². The van der Waals surface area contributed by atoms with Crippen LogP contribution in [0.2, 0.25) is 0 Å². The Labute approximate surface area is 116 Å². The Balaban J connectivity index is 1.73. The second-order valence-electron chi connectivity index (χ2n) is 4.33. The average Bonchev–Trinajstić information content (AvgIpc) is 2.96. The molecule has 1 aromatic heterocycles. The van der Waals surface area contributed by atoms with Crippen LogP contribution in [0.3, 0.4) is 0 Å². The van der Waals surface area contributed by atoms with Crippen molar-refractivity contribution in [3.8, 4) is 0 Å². The summed E-state index contributed by atoms with van der Waals surface area (Å²) in [5.41, 5.74) is 9.69. The molecule has 5 heteroatoms. The largest absolute Gasteiger partial charge is 0.349 e. The molecule has 0 aliphatic heterocycles. The lowest BCUT2D eigenvalue weighted by atomic mass is 10.1. The standard InChI is InChI=1S/C14H17N3OS/c15-13(7-6-11-4-2-1-3-5-11)14(18)16-8-12-9-19-10-17-12/h1-5,9-10,13H,6-8,15H2,(H,16,18)/t13-/m0/s1. The van der Waals surface area contributed by atoms with Gasteiger partial charge < -0.3 is 11.1 Å². The van der Waals surface area contributed by atoms with Gasteiger partial charge in [0.25, 0.3) is 0 Å². The van der Waals surface area contributed by atoms with Crippen LogP contribution in [0, 0.1) is 0 Å². The first kappa shape index (κ1) is 13.7. The Morgan fingerprint density at radius 3 is 2.84 bits per heavy atom. The zero-order valence-corrected chi connectivity index (χ0v) is 11.4. The summed E-state index contributed by atoms with van der Waals surface area (Å²) in [6, 6.07) is 9.56. The number of thiazole rings is 1.